The highest BCUT2D eigenvalue weighted by Crippen LogP contribution is 2.54. The van der Waals surface area contributed by atoms with E-state index in [9.17, 15) is 0 Å². The predicted molar refractivity (Wildman–Crippen MR) is 268 cm³/mol. The van der Waals surface area contributed by atoms with Gasteiger partial charge in [0.25, 0.3) is 0 Å². The molecule has 0 spiro atoms. The third-order valence-corrected chi connectivity index (χ3v) is 15.4. The number of fused-ring (bicyclic) bond motifs is 3. The Hall–Kier alpha value is -5.86. The van der Waals surface area contributed by atoms with Crippen LogP contribution < -0.4 is 9.80 Å². The molecule has 0 aliphatic heterocycles. The number of hydrogen-bond acceptors (Lipinski definition) is 2. The maximum absolute atomic E-state index is 2.51. The van der Waals surface area contributed by atoms with E-state index >= 15 is 0 Å². The van der Waals surface area contributed by atoms with E-state index in [0.717, 1.165) is 24.2 Å². The zero-order chi connectivity index (χ0) is 43.2. The van der Waals surface area contributed by atoms with Gasteiger partial charge in [0.05, 0.1) is 0 Å². The normalized spacial score (nSPS) is 19.5. The second-order valence-corrected chi connectivity index (χ2v) is 20.5. The lowest BCUT2D eigenvalue weighted by Gasteiger charge is -2.46. The van der Waals surface area contributed by atoms with E-state index in [1.165, 1.54) is 107 Å². The highest BCUT2D eigenvalue weighted by atomic mass is 15.1. The number of benzene rings is 7. The summed E-state index contributed by atoms with van der Waals surface area (Å²) in [4.78, 5) is 4.88. The Morgan fingerprint density at radius 1 is 0.444 bits per heavy atom. The molecular formula is C61H64N2. The van der Waals surface area contributed by atoms with Crippen molar-refractivity contribution >= 4 is 34.1 Å². The molecule has 7 aromatic carbocycles. The fourth-order valence-corrected chi connectivity index (χ4v) is 11.8. The van der Waals surface area contributed by atoms with Gasteiger partial charge in [-0.2, -0.15) is 0 Å². The smallest absolute Gasteiger partial charge is 0.0465 e. The summed E-state index contributed by atoms with van der Waals surface area (Å²) in [5.41, 5.74) is 17.1. The molecule has 7 aromatic rings. The van der Waals surface area contributed by atoms with Crippen LogP contribution in [0.1, 0.15) is 126 Å². The molecular weight excluding hydrogens is 761 g/mol. The molecule has 3 aliphatic carbocycles. The Morgan fingerprint density at radius 3 is 1.49 bits per heavy atom. The van der Waals surface area contributed by atoms with Crippen LogP contribution in [-0.2, 0) is 10.8 Å². The van der Waals surface area contributed by atoms with E-state index in [1.807, 2.05) is 0 Å². The first-order valence-corrected chi connectivity index (χ1v) is 23.9. The van der Waals surface area contributed by atoms with Gasteiger partial charge in [-0.3, -0.25) is 0 Å². The number of nitrogens with zero attached hydrogens (tertiary/aromatic N) is 2. The summed E-state index contributed by atoms with van der Waals surface area (Å²) >= 11 is 0. The maximum Gasteiger partial charge on any atom is 0.0465 e. The first kappa shape index (κ1) is 41.2. The zero-order valence-corrected chi connectivity index (χ0v) is 38.2. The molecule has 0 aromatic heterocycles. The average Bonchev–Trinajstić information content (AvgIpc) is 3.55. The van der Waals surface area contributed by atoms with Gasteiger partial charge in [-0.05, 0) is 161 Å². The van der Waals surface area contributed by atoms with E-state index in [4.69, 9.17) is 0 Å². The van der Waals surface area contributed by atoms with Crippen LogP contribution >= 0.6 is 0 Å². The lowest BCUT2D eigenvalue weighted by molar-refractivity contribution is 0.137. The highest BCUT2D eigenvalue weighted by Gasteiger charge is 2.43. The molecule has 2 nitrogen and oxygen atoms in total. The number of para-hydroxylation sites is 2. The monoisotopic (exact) mass is 825 g/mol. The summed E-state index contributed by atoms with van der Waals surface area (Å²) in [6, 6.07) is 66.7. The second-order valence-electron chi connectivity index (χ2n) is 20.5. The van der Waals surface area contributed by atoms with Gasteiger partial charge in [-0.1, -0.05) is 163 Å². The molecule has 0 N–H and O–H groups in total. The Bertz CT molecular complexity index is 2610. The largest absolute Gasteiger partial charge is 0.311 e. The minimum Gasteiger partial charge on any atom is -0.311 e. The molecule has 0 heterocycles. The van der Waals surface area contributed by atoms with Gasteiger partial charge in [0.15, 0.2) is 0 Å². The molecule has 2 fully saturated rings. The van der Waals surface area contributed by atoms with Crippen molar-refractivity contribution in [2.45, 2.75) is 109 Å². The van der Waals surface area contributed by atoms with Gasteiger partial charge in [0.2, 0.25) is 0 Å². The van der Waals surface area contributed by atoms with E-state index in [2.05, 4.69) is 220 Å². The molecule has 2 heteroatoms. The van der Waals surface area contributed by atoms with Crippen molar-refractivity contribution in [1.82, 2.24) is 0 Å². The highest BCUT2D eigenvalue weighted by molar-refractivity contribution is 5.85. The van der Waals surface area contributed by atoms with E-state index in [1.54, 1.807) is 0 Å². The van der Waals surface area contributed by atoms with Crippen LogP contribution in [0.25, 0.3) is 11.1 Å². The molecule has 0 radical (unpaired) electrons. The summed E-state index contributed by atoms with van der Waals surface area (Å²) in [5.74, 6) is 1.30. The molecule has 2 unspecified atom stereocenters. The van der Waals surface area contributed by atoms with Crippen molar-refractivity contribution < 1.29 is 0 Å². The number of hydrogen-bond donors (Lipinski definition) is 0. The van der Waals surface area contributed by atoms with Gasteiger partial charge in [0.1, 0.15) is 0 Å². The van der Waals surface area contributed by atoms with Crippen molar-refractivity contribution in [2.75, 3.05) is 9.80 Å². The number of rotatable bonds is 9. The van der Waals surface area contributed by atoms with E-state index in [0.29, 0.717) is 11.8 Å². The van der Waals surface area contributed by atoms with Crippen molar-refractivity contribution in [3.8, 4) is 11.1 Å². The first-order chi connectivity index (χ1) is 30.6. The van der Waals surface area contributed by atoms with Crippen LogP contribution in [-0.4, -0.2) is 0 Å². The number of anilines is 6. The quantitative estimate of drug-likeness (QED) is 0.143. The van der Waals surface area contributed by atoms with Crippen molar-refractivity contribution in [3.63, 3.8) is 0 Å². The first-order valence-electron chi connectivity index (χ1n) is 23.9. The third-order valence-electron chi connectivity index (χ3n) is 15.4. The lowest BCUT2D eigenvalue weighted by atomic mass is 9.58. The summed E-state index contributed by atoms with van der Waals surface area (Å²) in [7, 11) is 0. The van der Waals surface area contributed by atoms with Crippen LogP contribution in [0.3, 0.4) is 0 Å². The van der Waals surface area contributed by atoms with Crippen molar-refractivity contribution in [3.05, 3.63) is 204 Å². The summed E-state index contributed by atoms with van der Waals surface area (Å²) in [6.07, 6.45) is 11.5. The third kappa shape index (κ3) is 7.70. The van der Waals surface area contributed by atoms with Crippen LogP contribution in [0.5, 0.6) is 0 Å². The SMILES string of the molecule is CC1(C)c2ccccc2-c2ccc(N(c3ccc(C4CCCCC4)cc3)c3ccc(C4(c5ccc(N(c6ccccc6)c6ccccc6)cc5)CCCC(C(C)(C)C)C4)cc3)cc21. The maximum atomic E-state index is 2.51. The van der Waals surface area contributed by atoms with Gasteiger partial charge >= 0.3 is 0 Å². The van der Waals surface area contributed by atoms with E-state index < -0.39 is 0 Å². The van der Waals surface area contributed by atoms with Gasteiger partial charge < -0.3 is 9.80 Å². The molecule has 0 saturated heterocycles. The van der Waals surface area contributed by atoms with Gasteiger partial charge in [-0.25, -0.2) is 0 Å². The molecule has 0 amide bonds. The standard InChI is InChI=1S/C61H64N2/c1-59(2,3)48-20-17-41-61(43-48,46-29-35-52(36-30-46)62(49-21-11-7-12-22-49)50-23-13-8-14-24-50)47-31-37-53(38-32-47)63(51-33-27-45(28-34-51)44-18-9-6-10-19-44)54-39-40-56-55-25-15-16-26-57(55)60(4,5)58(56)42-54/h7-8,11-16,21-40,42,44,48H,6,9-10,17-20,41,43H2,1-5H3. The molecule has 318 valence electrons. The predicted octanol–water partition coefficient (Wildman–Crippen LogP) is 17.5. The molecule has 3 aliphatic rings. The molecule has 63 heavy (non-hydrogen) atoms. The molecule has 10 rings (SSSR count). The molecule has 2 atom stereocenters. The molecule has 2 saturated carbocycles. The summed E-state index contributed by atoms with van der Waals surface area (Å²) in [5, 5.41) is 0. The van der Waals surface area contributed by atoms with Crippen molar-refractivity contribution in [1.29, 1.82) is 0 Å². The van der Waals surface area contributed by atoms with Crippen LogP contribution in [0.15, 0.2) is 176 Å². The second kappa shape index (κ2) is 16.7. The van der Waals surface area contributed by atoms with Crippen molar-refractivity contribution in [2.24, 2.45) is 11.3 Å². The van der Waals surface area contributed by atoms with Crippen LogP contribution in [0.2, 0.25) is 0 Å². The fourth-order valence-electron chi connectivity index (χ4n) is 11.8. The Balaban J connectivity index is 1.05. The Morgan fingerprint density at radius 2 is 0.921 bits per heavy atom. The fraction of sp³-hybridized carbons (Fsp3) is 0.311. The summed E-state index contributed by atoms with van der Waals surface area (Å²) in [6.45, 7) is 12.1. The topological polar surface area (TPSA) is 6.48 Å². The summed E-state index contributed by atoms with van der Waals surface area (Å²) < 4.78 is 0. The van der Waals surface area contributed by atoms with E-state index in [-0.39, 0.29) is 16.2 Å². The van der Waals surface area contributed by atoms with Crippen LogP contribution in [0, 0.1) is 11.3 Å². The van der Waals surface area contributed by atoms with Crippen LogP contribution in [0.4, 0.5) is 34.1 Å². The Kier molecular flexibility index (Phi) is 10.9. The van der Waals surface area contributed by atoms with Gasteiger partial charge in [0, 0.05) is 45.0 Å². The van der Waals surface area contributed by atoms with Gasteiger partial charge in [-0.15, -0.1) is 0 Å². The minimum atomic E-state index is -0.0899. The lowest BCUT2D eigenvalue weighted by Crippen LogP contribution is -2.38. The average molecular weight is 825 g/mol. The molecule has 0 bridgehead atoms. The Labute approximate surface area is 377 Å². The minimum absolute atomic E-state index is 0.0754. The zero-order valence-electron chi connectivity index (χ0n) is 38.2.